The number of nitrogens with two attached hydrogens (primary N) is 1. The van der Waals surface area contributed by atoms with Crippen molar-refractivity contribution in [2.75, 3.05) is 19.3 Å². The molecule has 1 heterocycles. The highest BCUT2D eigenvalue weighted by Crippen LogP contribution is 2.30. The summed E-state index contributed by atoms with van der Waals surface area (Å²) in [4.78, 5) is 13.7. The van der Waals surface area contributed by atoms with Crippen LogP contribution in [-0.4, -0.2) is 34.6 Å². The fourth-order valence-electron chi connectivity index (χ4n) is 1.68. The number of hydrogen-bond acceptors (Lipinski definition) is 3. The topological polar surface area (TPSA) is 75.0 Å². The molecule has 0 unspecified atom stereocenters. The molecular weight excluding hydrogens is 192 g/mol. The van der Waals surface area contributed by atoms with E-state index in [2.05, 4.69) is 10.2 Å². The quantitative estimate of drug-likeness (QED) is 0.770. The average Bonchev–Trinajstić information content (AvgIpc) is 2.93. The zero-order valence-corrected chi connectivity index (χ0v) is 9.08. The van der Waals surface area contributed by atoms with Crippen LogP contribution in [0.1, 0.15) is 28.9 Å². The van der Waals surface area contributed by atoms with Crippen LogP contribution in [0.2, 0.25) is 0 Å². The van der Waals surface area contributed by atoms with Crippen molar-refractivity contribution in [3.05, 3.63) is 11.3 Å². The third-order valence-electron chi connectivity index (χ3n) is 2.76. The van der Waals surface area contributed by atoms with Crippen LogP contribution < -0.4 is 5.73 Å². The molecule has 1 fully saturated rings. The monoisotopic (exact) mass is 208 g/mol. The second-order valence-corrected chi connectivity index (χ2v) is 4.24. The lowest BCUT2D eigenvalue weighted by Gasteiger charge is -2.16. The van der Waals surface area contributed by atoms with Crippen LogP contribution in [-0.2, 0) is 0 Å². The Bertz CT molecular complexity index is 361. The second-order valence-electron chi connectivity index (χ2n) is 4.24. The van der Waals surface area contributed by atoms with E-state index in [4.69, 9.17) is 5.73 Å². The van der Waals surface area contributed by atoms with Crippen LogP contribution in [0.15, 0.2) is 0 Å². The van der Waals surface area contributed by atoms with E-state index >= 15 is 0 Å². The number of H-pyrrole nitrogens is 1. The third kappa shape index (κ3) is 1.95. The van der Waals surface area contributed by atoms with Crippen LogP contribution in [0.4, 0.5) is 5.82 Å². The molecule has 0 saturated heterocycles. The number of hydrogen-bond donors (Lipinski definition) is 2. The normalized spacial score (nSPS) is 15.3. The van der Waals surface area contributed by atoms with Gasteiger partial charge in [0, 0.05) is 19.3 Å². The number of aromatic nitrogens is 2. The molecule has 3 N–H and O–H groups in total. The number of carbonyl (C=O) groups is 1. The minimum Gasteiger partial charge on any atom is -0.382 e. The Morgan fingerprint density at radius 1 is 1.67 bits per heavy atom. The summed E-state index contributed by atoms with van der Waals surface area (Å²) in [6.45, 7) is 2.63. The molecule has 1 aliphatic carbocycles. The standard InChI is InChI=1S/C10H16N4O/c1-6-8(9(11)13-12-6)10(15)14(2)5-7-3-4-7/h7H,3-5H2,1-2H3,(H3,11,12,13). The van der Waals surface area contributed by atoms with Crippen molar-refractivity contribution >= 4 is 11.7 Å². The molecule has 1 saturated carbocycles. The van der Waals surface area contributed by atoms with E-state index in [1.54, 1.807) is 4.90 Å². The number of nitrogens with one attached hydrogen (secondary N) is 1. The Morgan fingerprint density at radius 2 is 2.33 bits per heavy atom. The highest BCUT2D eigenvalue weighted by molar-refractivity contribution is 5.99. The highest BCUT2D eigenvalue weighted by atomic mass is 16.2. The maximum atomic E-state index is 12.0. The Kier molecular flexibility index (Phi) is 2.38. The van der Waals surface area contributed by atoms with Gasteiger partial charge in [-0.1, -0.05) is 0 Å². The van der Waals surface area contributed by atoms with Crippen molar-refractivity contribution < 1.29 is 4.79 Å². The van der Waals surface area contributed by atoms with Crippen LogP contribution >= 0.6 is 0 Å². The Hall–Kier alpha value is -1.52. The molecule has 1 aromatic heterocycles. The number of rotatable bonds is 3. The minimum absolute atomic E-state index is 0.0364. The maximum absolute atomic E-state index is 12.0. The summed E-state index contributed by atoms with van der Waals surface area (Å²) < 4.78 is 0. The second kappa shape index (κ2) is 3.56. The summed E-state index contributed by atoms with van der Waals surface area (Å²) >= 11 is 0. The summed E-state index contributed by atoms with van der Waals surface area (Å²) in [6.07, 6.45) is 2.47. The summed E-state index contributed by atoms with van der Waals surface area (Å²) in [5.74, 6) is 0.943. The Balaban J connectivity index is 2.11. The van der Waals surface area contributed by atoms with Gasteiger partial charge < -0.3 is 10.6 Å². The molecule has 2 rings (SSSR count). The summed E-state index contributed by atoms with van der Waals surface area (Å²) in [6, 6.07) is 0. The van der Waals surface area contributed by atoms with Crippen molar-refractivity contribution in [1.29, 1.82) is 0 Å². The first-order chi connectivity index (χ1) is 7.09. The van der Waals surface area contributed by atoms with Crippen molar-refractivity contribution in [3.63, 3.8) is 0 Å². The predicted molar refractivity (Wildman–Crippen MR) is 57.4 cm³/mol. The Morgan fingerprint density at radius 3 is 2.80 bits per heavy atom. The third-order valence-corrected chi connectivity index (χ3v) is 2.76. The van der Waals surface area contributed by atoms with Crippen LogP contribution in [0, 0.1) is 12.8 Å². The van der Waals surface area contributed by atoms with Gasteiger partial charge in [-0.3, -0.25) is 9.89 Å². The molecule has 0 radical (unpaired) electrons. The lowest BCUT2D eigenvalue weighted by atomic mass is 10.2. The van der Waals surface area contributed by atoms with E-state index in [1.165, 1.54) is 12.8 Å². The van der Waals surface area contributed by atoms with Gasteiger partial charge in [0.25, 0.3) is 5.91 Å². The van der Waals surface area contributed by atoms with Gasteiger partial charge in [-0.05, 0) is 25.7 Å². The van der Waals surface area contributed by atoms with Crippen molar-refractivity contribution in [1.82, 2.24) is 15.1 Å². The molecule has 15 heavy (non-hydrogen) atoms. The minimum atomic E-state index is -0.0364. The molecule has 0 aliphatic heterocycles. The van der Waals surface area contributed by atoms with E-state index in [9.17, 15) is 4.79 Å². The molecule has 1 aromatic rings. The summed E-state index contributed by atoms with van der Waals surface area (Å²) in [5, 5.41) is 6.54. The zero-order chi connectivity index (χ0) is 11.0. The smallest absolute Gasteiger partial charge is 0.259 e. The number of amides is 1. The average molecular weight is 208 g/mol. The number of anilines is 1. The molecule has 0 aromatic carbocycles. The fraction of sp³-hybridized carbons (Fsp3) is 0.600. The molecule has 0 bridgehead atoms. The SMILES string of the molecule is Cc1[nH]nc(N)c1C(=O)N(C)CC1CC1. The van der Waals surface area contributed by atoms with Crippen molar-refractivity contribution in [3.8, 4) is 0 Å². The van der Waals surface area contributed by atoms with Gasteiger partial charge in [0.15, 0.2) is 5.82 Å². The van der Waals surface area contributed by atoms with Crippen molar-refractivity contribution in [2.24, 2.45) is 5.92 Å². The number of aryl methyl sites for hydroxylation is 1. The molecule has 1 amide bonds. The van der Waals surface area contributed by atoms with Crippen LogP contribution in [0.25, 0.3) is 0 Å². The molecule has 5 heteroatoms. The first kappa shape index (κ1) is 10.0. The van der Waals surface area contributed by atoms with Gasteiger partial charge in [-0.25, -0.2) is 0 Å². The fourth-order valence-corrected chi connectivity index (χ4v) is 1.68. The van der Waals surface area contributed by atoms with Gasteiger partial charge in [0.05, 0.1) is 0 Å². The highest BCUT2D eigenvalue weighted by Gasteiger charge is 2.27. The molecule has 0 spiro atoms. The number of aromatic amines is 1. The summed E-state index contributed by atoms with van der Waals surface area (Å²) in [7, 11) is 1.81. The predicted octanol–water partition coefficient (Wildman–Crippen LogP) is 0.782. The molecular formula is C10H16N4O. The lowest BCUT2D eigenvalue weighted by molar-refractivity contribution is 0.0789. The van der Waals surface area contributed by atoms with E-state index in [1.807, 2.05) is 14.0 Å². The zero-order valence-electron chi connectivity index (χ0n) is 9.08. The van der Waals surface area contributed by atoms with Gasteiger partial charge in [0.2, 0.25) is 0 Å². The molecule has 5 nitrogen and oxygen atoms in total. The van der Waals surface area contributed by atoms with Gasteiger partial charge in [-0.15, -0.1) is 0 Å². The Labute approximate surface area is 88.6 Å². The van der Waals surface area contributed by atoms with E-state index in [-0.39, 0.29) is 5.91 Å². The molecule has 0 atom stereocenters. The number of nitrogen functional groups attached to an aromatic ring is 1. The van der Waals surface area contributed by atoms with Gasteiger partial charge in [0.1, 0.15) is 5.56 Å². The summed E-state index contributed by atoms with van der Waals surface area (Å²) in [5.41, 5.74) is 6.89. The maximum Gasteiger partial charge on any atom is 0.259 e. The van der Waals surface area contributed by atoms with Crippen LogP contribution in [0.5, 0.6) is 0 Å². The number of nitrogens with zero attached hydrogens (tertiary/aromatic N) is 2. The van der Waals surface area contributed by atoms with Crippen LogP contribution in [0.3, 0.4) is 0 Å². The van der Waals surface area contributed by atoms with E-state index in [0.29, 0.717) is 17.3 Å². The van der Waals surface area contributed by atoms with E-state index in [0.717, 1.165) is 12.2 Å². The first-order valence-electron chi connectivity index (χ1n) is 5.15. The molecule has 1 aliphatic rings. The molecule has 82 valence electrons. The largest absolute Gasteiger partial charge is 0.382 e. The van der Waals surface area contributed by atoms with Crippen molar-refractivity contribution in [2.45, 2.75) is 19.8 Å². The first-order valence-corrected chi connectivity index (χ1v) is 5.15. The van der Waals surface area contributed by atoms with Gasteiger partial charge >= 0.3 is 0 Å². The lowest BCUT2D eigenvalue weighted by Crippen LogP contribution is -2.29. The number of carbonyl (C=O) groups excluding carboxylic acids is 1. The van der Waals surface area contributed by atoms with Gasteiger partial charge in [-0.2, -0.15) is 5.10 Å². The van der Waals surface area contributed by atoms with E-state index < -0.39 is 0 Å².